The maximum atomic E-state index is 11.1. The maximum Gasteiger partial charge on any atom is 0.258 e. The van der Waals surface area contributed by atoms with Crippen LogP contribution in [0.25, 0.3) is 0 Å². The van der Waals surface area contributed by atoms with E-state index in [-0.39, 0.29) is 12.0 Å². The van der Waals surface area contributed by atoms with Gasteiger partial charge in [0.1, 0.15) is 0 Å². The van der Waals surface area contributed by atoms with Crippen molar-refractivity contribution in [3.05, 3.63) is 0 Å². The molecule has 2 aliphatic rings. The molecule has 0 aromatic carbocycles. The fourth-order valence-corrected chi connectivity index (χ4v) is 2.96. The molecular formula is C10H16N2O2S. The Hall–Kier alpha value is -0.550. The quantitative estimate of drug-likeness (QED) is 0.674. The fraction of sp³-hybridized carbons (Fsp3) is 0.800. The predicted molar refractivity (Wildman–Crippen MR) is 61.1 cm³/mol. The summed E-state index contributed by atoms with van der Waals surface area (Å²) in [5.41, 5.74) is 0. The lowest BCUT2D eigenvalue weighted by molar-refractivity contribution is -0.115. The van der Waals surface area contributed by atoms with Crippen LogP contribution < -0.4 is 0 Å². The Balaban J connectivity index is 2.05. The molecule has 0 aromatic heterocycles. The van der Waals surface area contributed by atoms with Gasteiger partial charge in [-0.15, -0.1) is 0 Å². The van der Waals surface area contributed by atoms with E-state index in [9.17, 15) is 4.79 Å². The van der Waals surface area contributed by atoms with Crippen molar-refractivity contribution < 1.29 is 9.53 Å². The highest BCUT2D eigenvalue weighted by atomic mass is 32.2. The van der Waals surface area contributed by atoms with Gasteiger partial charge in [0.15, 0.2) is 5.17 Å². The minimum absolute atomic E-state index is 0.0264. The number of amides is 1. The van der Waals surface area contributed by atoms with Crippen molar-refractivity contribution in [2.24, 2.45) is 4.99 Å². The number of carbonyl (C=O) groups is 1. The topological polar surface area (TPSA) is 41.9 Å². The summed E-state index contributed by atoms with van der Waals surface area (Å²) in [6, 6.07) is 0.345. The number of aliphatic imine (C=N–C) groups is 1. The average Bonchev–Trinajstić information content (AvgIpc) is 2.71. The van der Waals surface area contributed by atoms with Gasteiger partial charge in [-0.3, -0.25) is 4.79 Å². The van der Waals surface area contributed by atoms with E-state index in [2.05, 4.69) is 23.7 Å². The largest absolute Gasteiger partial charge is 0.373 e. The van der Waals surface area contributed by atoms with E-state index in [1.807, 2.05) is 7.05 Å². The van der Waals surface area contributed by atoms with Crippen LogP contribution in [0.1, 0.15) is 20.3 Å². The second kappa shape index (κ2) is 4.14. The van der Waals surface area contributed by atoms with Crippen LogP contribution in [0.2, 0.25) is 0 Å². The molecule has 0 bridgehead atoms. The number of carbonyl (C=O) groups excluding carboxylic acids is 1. The molecule has 2 rings (SSSR count). The van der Waals surface area contributed by atoms with Crippen LogP contribution >= 0.6 is 11.8 Å². The number of rotatable bonds is 1. The lowest BCUT2D eigenvalue weighted by atomic mass is 10.1. The Kier molecular flexibility index (Phi) is 3.02. The van der Waals surface area contributed by atoms with E-state index >= 15 is 0 Å². The van der Waals surface area contributed by atoms with Crippen LogP contribution in [0.3, 0.4) is 0 Å². The summed E-state index contributed by atoms with van der Waals surface area (Å²) in [4.78, 5) is 17.1. The van der Waals surface area contributed by atoms with Crippen molar-refractivity contribution in [1.29, 1.82) is 0 Å². The first kappa shape index (κ1) is 11.0. The molecule has 84 valence electrons. The van der Waals surface area contributed by atoms with Crippen molar-refractivity contribution in [3.63, 3.8) is 0 Å². The Morgan fingerprint density at radius 1 is 1.53 bits per heavy atom. The highest BCUT2D eigenvalue weighted by molar-refractivity contribution is 8.14. The molecule has 0 aromatic rings. The van der Waals surface area contributed by atoms with E-state index in [1.54, 1.807) is 0 Å². The SMILES string of the molecule is CC1CC(N(C)C2=NC(=O)CS2)C(C)O1. The minimum atomic E-state index is -0.0264. The van der Waals surface area contributed by atoms with Gasteiger partial charge in [-0.25, -0.2) is 0 Å². The predicted octanol–water partition coefficient (Wildman–Crippen LogP) is 1.11. The first-order chi connectivity index (χ1) is 7.08. The molecule has 0 radical (unpaired) electrons. The zero-order valence-electron chi connectivity index (χ0n) is 9.27. The molecule has 15 heavy (non-hydrogen) atoms. The summed E-state index contributed by atoms with van der Waals surface area (Å²) < 4.78 is 5.69. The number of amidine groups is 1. The number of hydrogen-bond donors (Lipinski definition) is 0. The van der Waals surface area contributed by atoms with Gasteiger partial charge in [0.05, 0.1) is 24.0 Å². The fourth-order valence-electron chi connectivity index (χ4n) is 2.14. The standard InChI is InChI=1S/C10H16N2O2S/c1-6-4-8(7(2)14-6)12(3)10-11-9(13)5-15-10/h6-8H,4-5H2,1-3H3. The van der Waals surface area contributed by atoms with Gasteiger partial charge in [-0.05, 0) is 20.3 Å². The van der Waals surface area contributed by atoms with Crippen LogP contribution in [0.15, 0.2) is 4.99 Å². The second-order valence-electron chi connectivity index (χ2n) is 4.14. The second-order valence-corrected chi connectivity index (χ2v) is 5.09. The first-order valence-electron chi connectivity index (χ1n) is 5.20. The monoisotopic (exact) mass is 228 g/mol. The van der Waals surface area contributed by atoms with E-state index in [0.29, 0.717) is 17.9 Å². The molecule has 1 amide bonds. The summed E-state index contributed by atoms with van der Waals surface area (Å²) in [6.45, 7) is 4.16. The maximum absolute atomic E-state index is 11.1. The lowest BCUT2D eigenvalue weighted by Crippen LogP contribution is -2.39. The van der Waals surface area contributed by atoms with Gasteiger partial charge in [0.25, 0.3) is 5.91 Å². The Bertz CT molecular complexity index is 306. The molecule has 3 atom stereocenters. The van der Waals surface area contributed by atoms with Crippen molar-refractivity contribution in [1.82, 2.24) is 4.90 Å². The van der Waals surface area contributed by atoms with Crippen molar-refractivity contribution in [2.45, 2.75) is 38.5 Å². The third-order valence-corrected chi connectivity index (χ3v) is 3.94. The minimum Gasteiger partial charge on any atom is -0.373 e. The van der Waals surface area contributed by atoms with Crippen LogP contribution in [-0.4, -0.2) is 47.0 Å². The van der Waals surface area contributed by atoms with Crippen molar-refractivity contribution in [3.8, 4) is 0 Å². The lowest BCUT2D eigenvalue weighted by Gasteiger charge is -2.27. The van der Waals surface area contributed by atoms with Gasteiger partial charge in [0.2, 0.25) is 0 Å². The molecule has 0 N–H and O–H groups in total. The Morgan fingerprint density at radius 3 is 2.73 bits per heavy atom. The van der Waals surface area contributed by atoms with Crippen molar-refractivity contribution in [2.75, 3.05) is 12.8 Å². The van der Waals surface area contributed by atoms with Crippen LogP contribution in [-0.2, 0) is 9.53 Å². The molecule has 4 nitrogen and oxygen atoms in total. The smallest absolute Gasteiger partial charge is 0.258 e. The van der Waals surface area contributed by atoms with Gasteiger partial charge in [-0.1, -0.05) is 11.8 Å². The molecule has 0 saturated carbocycles. The number of ether oxygens (including phenoxy) is 1. The molecule has 5 heteroatoms. The van der Waals surface area contributed by atoms with Gasteiger partial charge in [-0.2, -0.15) is 4.99 Å². The number of thioether (sulfide) groups is 1. The van der Waals surface area contributed by atoms with E-state index < -0.39 is 0 Å². The van der Waals surface area contributed by atoms with E-state index in [4.69, 9.17) is 4.74 Å². The number of nitrogens with zero attached hydrogens (tertiary/aromatic N) is 2. The number of hydrogen-bond acceptors (Lipinski definition) is 4. The third-order valence-electron chi connectivity index (χ3n) is 2.91. The van der Waals surface area contributed by atoms with E-state index in [1.165, 1.54) is 11.8 Å². The average molecular weight is 228 g/mol. The zero-order valence-corrected chi connectivity index (χ0v) is 10.1. The Labute approximate surface area is 94.1 Å². The number of likely N-dealkylation sites (N-methyl/N-ethyl adjacent to an activating group) is 1. The van der Waals surface area contributed by atoms with Crippen molar-refractivity contribution >= 4 is 22.8 Å². The summed E-state index contributed by atoms with van der Waals surface area (Å²) in [7, 11) is 1.99. The molecule has 0 spiro atoms. The summed E-state index contributed by atoms with van der Waals surface area (Å²) in [5.74, 6) is 0.457. The molecular weight excluding hydrogens is 212 g/mol. The summed E-state index contributed by atoms with van der Waals surface area (Å²) in [5, 5.41) is 0.842. The molecule has 0 aliphatic carbocycles. The normalized spacial score (nSPS) is 35.8. The Morgan fingerprint density at radius 2 is 2.27 bits per heavy atom. The van der Waals surface area contributed by atoms with Crippen LogP contribution in [0.4, 0.5) is 0 Å². The van der Waals surface area contributed by atoms with Gasteiger partial charge >= 0.3 is 0 Å². The molecule has 2 aliphatic heterocycles. The van der Waals surface area contributed by atoms with E-state index in [0.717, 1.165) is 11.6 Å². The molecule has 2 heterocycles. The van der Waals surface area contributed by atoms with Gasteiger partial charge < -0.3 is 9.64 Å². The molecule has 1 saturated heterocycles. The first-order valence-corrected chi connectivity index (χ1v) is 6.19. The summed E-state index contributed by atoms with van der Waals surface area (Å²) in [6.07, 6.45) is 1.52. The third kappa shape index (κ3) is 2.18. The molecule has 3 unspecified atom stereocenters. The zero-order chi connectivity index (χ0) is 11.0. The summed E-state index contributed by atoms with van der Waals surface area (Å²) >= 11 is 1.52. The molecule has 1 fully saturated rings. The van der Waals surface area contributed by atoms with Gasteiger partial charge in [0, 0.05) is 7.05 Å². The highest BCUT2D eigenvalue weighted by Crippen LogP contribution is 2.27. The van der Waals surface area contributed by atoms with Crippen LogP contribution in [0.5, 0.6) is 0 Å². The van der Waals surface area contributed by atoms with Crippen LogP contribution in [0, 0.1) is 0 Å². The highest BCUT2D eigenvalue weighted by Gasteiger charge is 2.35.